The molecule has 0 spiro atoms. The van der Waals surface area contributed by atoms with Crippen LogP contribution in [0.4, 0.5) is 0 Å². The van der Waals surface area contributed by atoms with Crippen molar-refractivity contribution >= 4 is 12.8 Å². The fraction of sp³-hybridized carbons (Fsp3) is 1.00. The van der Waals surface area contributed by atoms with Crippen molar-refractivity contribution in [2.24, 2.45) is 5.92 Å². The standard InChI is InChI=1S/C10H21NS/c1-8-6-9(2,3)11(12)10(4,5)7-8/h8,12H,6-7H2,1-5H3. The van der Waals surface area contributed by atoms with Crippen molar-refractivity contribution in [3.05, 3.63) is 0 Å². The Morgan fingerprint density at radius 3 is 1.75 bits per heavy atom. The van der Waals surface area contributed by atoms with Gasteiger partial charge in [0, 0.05) is 11.1 Å². The highest BCUT2D eigenvalue weighted by atomic mass is 32.1. The molecule has 72 valence electrons. The molecule has 0 aromatic carbocycles. The third kappa shape index (κ3) is 1.80. The summed E-state index contributed by atoms with van der Waals surface area (Å²) in [6.45, 7) is 11.4. The van der Waals surface area contributed by atoms with E-state index in [9.17, 15) is 0 Å². The van der Waals surface area contributed by atoms with Crippen molar-refractivity contribution in [2.45, 2.75) is 58.5 Å². The van der Waals surface area contributed by atoms with Crippen molar-refractivity contribution in [1.29, 1.82) is 0 Å². The summed E-state index contributed by atoms with van der Waals surface area (Å²) in [5.41, 5.74) is 0.481. The minimum atomic E-state index is 0.240. The Labute approximate surface area is 82.1 Å². The van der Waals surface area contributed by atoms with E-state index in [-0.39, 0.29) is 11.1 Å². The molecule has 1 saturated heterocycles. The predicted octanol–water partition coefficient (Wildman–Crippen LogP) is 3.12. The molecule has 1 fully saturated rings. The summed E-state index contributed by atoms with van der Waals surface area (Å²) in [6.07, 6.45) is 2.50. The van der Waals surface area contributed by atoms with E-state index in [2.05, 4.69) is 51.7 Å². The van der Waals surface area contributed by atoms with Gasteiger partial charge in [-0.15, -0.1) is 0 Å². The lowest BCUT2D eigenvalue weighted by Gasteiger charge is -2.51. The molecule has 1 aliphatic rings. The summed E-state index contributed by atoms with van der Waals surface area (Å²) in [5, 5.41) is 0. The summed E-state index contributed by atoms with van der Waals surface area (Å²) in [4.78, 5) is 0. The van der Waals surface area contributed by atoms with Gasteiger partial charge in [-0.1, -0.05) is 19.7 Å². The van der Waals surface area contributed by atoms with Crippen molar-refractivity contribution < 1.29 is 0 Å². The van der Waals surface area contributed by atoms with Crippen molar-refractivity contribution in [1.82, 2.24) is 4.31 Å². The molecule has 0 saturated carbocycles. The van der Waals surface area contributed by atoms with Gasteiger partial charge in [0.15, 0.2) is 0 Å². The van der Waals surface area contributed by atoms with Crippen LogP contribution in [0.3, 0.4) is 0 Å². The summed E-state index contributed by atoms with van der Waals surface area (Å²) in [5.74, 6) is 0.818. The molecular formula is C10H21NS. The summed E-state index contributed by atoms with van der Waals surface area (Å²) in [6, 6.07) is 0. The molecular weight excluding hydrogens is 166 g/mol. The van der Waals surface area contributed by atoms with Crippen molar-refractivity contribution in [2.75, 3.05) is 0 Å². The Kier molecular flexibility index (Phi) is 2.52. The van der Waals surface area contributed by atoms with Crippen LogP contribution >= 0.6 is 12.8 Å². The fourth-order valence-corrected chi connectivity index (χ4v) is 2.93. The van der Waals surface area contributed by atoms with Crippen molar-refractivity contribution in [3.63, 3.8) is 0 Å². The van der Waals surface area contributed by atoms with Gasteiger partial charge in [0.1, 0.15) is 0 Å². The lowest BCUT2D eigenvalue weighted by Crippen LogP contribution is -2.55. The van der Waals surface area contributed by atoms with Gasteiger partial charge in [-0.05, 0) is 46.5 Å². The Morgan fingerprint density at radius 1 is 1.08 bits per heavy atom. The Morgan fingerprint density at radius 2 is 1.42 bits per heavy atom. The van der Waals surface area contributed by atoms with E-state index in [1.165, 1.54) is 12.8 Å². The first-order chi connectivity index (χ1) is 5.26. The monoisotopic (exact) mass is 187 g/mol. The Hall–Kier alpha value is 0.310. The number of nitrogens with zero attached hydrogens (tertiary/aromatic N) is 1. The van der Waals surface area contributed by atoms with Gasteiger partial charge in [-0.2, -0.15) is 0 Å². The second-order valence-electron chi connectivity index (χ2n) is 5.45. The number of rotatable bonds is 0. The first-order valence-corrected chi connectivity index (χ1v) is 5.15. The van der Waals surface area contributed by atoms with Gasteiger partial charge in [-0.25, -0.2) is 4.31 Å². The van der Waals surface area contributed by atoms with Crippen LogP contribution in [0.5, 0.6) is 0 Å². The predicted molar refractivity (Wildman–Crippen MR) is 57.4 cm³/mol. The highest BCUT2D eigenvalue weighted by Crippen LogP contribution is 2.41. The molecule has 0 aromatic heterocycles. The molecule has 0 N–H and O–H groups in total. The molecule has 1 heterocycles. The lowest BCUT2D eigenvalue weighted by atomic mass is 9.77. The van der Waals surface area contributed by atoms with E-state index in [0.717, 1.165) is 5.92 Å². The number of thiol groups is 1. The van der Waals surface area contributed by atoms with E-state index in [4.69, 9.17) is 0 Å². The maximum atomic E-state index is 4.60. The topological polar surface area (TPSA) is 3.24 Å². The zero-order valence-electron chi connectivity index (χ0n) is 8.89. The van der Waals surface area contributed by atoms with E-state index in [0.29, 0.717) is 0 Å². The Balaban J connectivity index is 2.84. The molecule has 0 bridgehead atoms. The van der Waals surface area contributed by atoms with Gasteiger partial charge < -0.3 is 0 Å². The molecule has 0 unspecified atom stereocenters. The average molecular weight is 187 g/mol. The van der Waals surface area contributed by atoms with E-state index >= 15 is 0 Å². The third-order valence-corrected chi connectivity index (χ3v) is 3.93. The first kappa shape index (κ1) is 10.4. The largest absolute Gasteiger partial charge is 0.242 e. The molecule has 0 aliphatic carbocycles. The molecule has 12 heavy (non-hydrogen) atoms. The van der Waals surface area contributed by atoms with Gasteiger partial charge >= 0.3 is 0 Å². The van der Waals surface area contributed by atoms with Crippen LogP contribution in [-0.4, -0.2) is 15.4 Å². The molecule has 0 atom stereocenters. The SMILES string of the molecule is CC1CC(C)(C)N(S)C(C)(C)C1. The van der Waals surface area contributed by atoms with Crippen LogP contribution in [0.1, 0.15) is 47.5 Å². The highest BCUT2D eigenvalue weighted by molar-refractivity contribution is 7.77. The fourth-order valence-electron chi connectivity index (χ4n) is 2.77. The summed E-state index contributed by atoms with van der Waals surface area (Å²) in [7, 11) is 0. The van der Waals surface area contributed by atoms with Gasteiger partial charge in [0.2, 0.25) is 0 Å². The number of piperidine rings is 1. The normalized spacial score (nSPS) is 30.5. The second-order valence-corrected chi connectivity index (χ2v) is 5.85. The summed E-state index contributed by atoms with van der Waals surface area (Å²) >= 11 is 4.60. The average Bonchev–Trinajstić information content (AvgIpc) is 1.80. The molecule has 0 radical (unpaired) electrons. The van der Waals surface area contributed by atoms with E-state index in [1.54, 1.807) is 0 Å². The highest BCUT2D eigenvalue weighted by Gasteiger charge is 2.42. The van der Waals surface area contributed by atoms with Crippen LogP contribution in [0.25, 0.3) is 0 Å². The molecule has 2 heteroatoms. The molecule has 1 nitrogen and oxygen atoms in total. The zero-order valence-corrected chi connectivity index (χ0v) is 9.78. The van der Waals surface area contributed by atoms with Crippen molar-refractivity contribution in [3.8, 4) is 0 Å². The first-order valence-electron chi connectivity index (χ1n) is 4.75. The zero-order chi connectivity index (χ0) is 9.57. The Bertz CT molecular complexity index is 157. The van der Waals surface area contributed by atoms with Gasteiger partial charge in [0.25, 0.3) is 0 Å². The maximum Gasteiger partial charge on any atom is 0.0263 e. The molecule has 1 aliphatic heterocycles. The van der Waals surface area contributed by atoms with E-state index in [1.807, 2.05) is 0 Å². The second kappa shape index (κ2) is 2.91. The maximum absolute atomic E-state index is 4.60. The molecule has 0 aromatic rings. The third-order valence-electron chi connectivity index (χ3n) is 2.84. The molecule has 1 rings (SSSR count). The van der Waals surface area contributed by atoms with Crippen LogP contribution in [0.2, 0.25) is 0 Å². The van der Waals surface area contributed by atoms with Gasteiger partial charge in [0.05, 0.1) is 0 Å². The van der Waals surface area contributed by atoms with Crippen LogP contribution in [-0.2, 0) is 0 Å². The lowest BCUT2D eigenvalue weighted by molar-refractivity contribution is 0.0391. The van der Waals surface area contributed by atoms with E-state index < -0.39 is 0 Å². The number of hydrogen-bond donors (Lipinski definition) is 1. The minimum Gasteiger partial charge on any atom is -0.242 e. The smallest absolute Gasteiger partial charge is 0.0263 e. The van der Waals surface area contributed by atoms with Gasteiger partial charge in [-0.3, -0.25) is 0 Å². The van der Waals surface area contributed by atoms with Crippen LogP contribution < -0.4 is 0 Å². The molecule has 0 amide bonds. The quantitative estimate of drug-likeness (QED) is 0.570. The van der Waals surface area contributed by atoms with Crippen LogP contribution in [0, 0.1) is 5.92 Å². The van der Waals surface area contributed by atoms with Crippen LogP contribution in [0.15, 0.2) is 0 Å². The minimum absolute atomic E-state index is 0.240. The summed E-state index contributed by atoms with van der Waals surface area (Å²) < 4.78 is 2.22. The number of hydrogen-bond acceptors (Lipinski definition) is 2.